The maximum atomic E-state index is 9.76. The molecule has 0 aliphatic heterocycles. The van der Waals surface area contributed by atoms with E-state index in [9.17, 15) is 5.11 Å². The molecule has 0 saturated carbocycles. The van der Waals surface area contributed by atoms with Gasteiger partial charge in [-0.15, -0.1) is 0 Å². The number of unbranched alkanes of at least 4 members (excludes halogenated alkanes) is 11. The number of hydrogen-bond donors (Lipinski definition) is 1. The van der Waals surface area contributed by atoms with Gasteiger partial charge in [0.05, 0.1) is 6.10 Å². The Morgan fingerprint density at radius 3 is 1.70 bits per heavy atom. The number of rotatable bonds is 16. The van der Waals surface area contributed by atoms with Crippen molar-refractivity contribution in [3.63, 3.8) is 0 Å². The first-order valence-corrected chi connectivity index (χ1v) is 9.02. The van der Waals surface area contributed by atoms with Crippen LogP contribution in [0.1, 0.15) is 103 Å². The lowest BCUT2D eigenvalue weighted by molar-refractivity contribution is 0.148. The van der Waals surface area contributed by atoms with Crippen LogP contribution < -0.4 is 0 Å². The summed E-state index contributed by atoms with van der Waals surface area (Å²) < 4.78 is 0. The van der Waals surface area contributed by atoms with E-state index >= 15 is 0 Å². The van der Waals surface area contributed by atoms with Crippen molar-refractivity contribution in [1.29, 1.82) is 0 Å². The molecule has 1 N–H and O–H groups in total. The van der Waals surface area contributed by atoms with E-state index in [0.29, 0.717) is 0 Å². The van der Waals surface area contributed by atoms with Gasteiger partial charge in [0.1, 0.15) is 0 Å². The van der Waals surface area contributed by atoms with Gasteiger partial charge in [0.25, 0.3) is 0 Å². The smallest absolute Gasteiger partial charge is 0.0540 e. The van der Waals surface area contributed by atoms with Crippen LogP contribution in [-0.2, 0) is 0 Å². The molecule has 0 rings (SSSR count). The summed E-state index contributed by atoms with van der Waals surface area (Å²) in [5, 5.41) is 9.76. The highest BCUT2D eigenvalue weighted by Crippen LogP contribution is 2.14. The fourth-order valence-electron chi connectivity index (χ4n) is 2.66. The van der Waals surface area contributed by atoms with E-state index in [4.69, 9.17) is 6.58 Å². The molecule has 0 bridgehead atoms. The second-order valence-electron chi connectivity index (χ2n) is 6.14. The van der Waals surface area contributed by atoms with E-state index in [1.165, 1.54) is 70.6 Å². The summed E-state index contributed by atoms with van der Waals surface area (Å²) in [4.78, 5) is 0. The first-order chi connectivity index (χ1) is 9.81. The zero-order valence-corrected chi connectivity index (χ0v) is 13.8. The minimum atomic E-state index is -0.103. The van der Waals surface area contributed by atoms with Crippen LogP contribution in [-0.4, -0.2) is 11.2 Å². The second kappa shape index (κ2) is 16.8. The maximum Gasteiger partial charge on any atom is 0.0540 e. The summed E-state index contributed by atoms with van der Waals surface area (Å²) in [5.74, 6) is 0. The molecule has 0 aliphatic rings. The van der Waals surface area contributed by atoms with Crippen molar-refractivity contribution in [2.24, 2.45) is 0 Å². The molecule has 20 heavy (non-hydrogen) atoms. The Hall–Kier alpha value is -0.300. The summed E-state index contributed by atoms with van der Waals surface area (Å²) >= 11 is 0. The Kier molecular flexibility index (Phi) is 16.5. The van der Waals surface area contributed by atoms with Crippen LogP contribution in [0.2, 0.25) is 0 Å². The molecule has 0 aromatic rings. The number of hydrogen-bond acceptors (Lipinski definition) is 1. The number of allylic oxidation sites excluding steroid dienone is 1. The van der Waals surface area contributed by atoms with Crippen LogP contribution in [0.5, 0.6) is 0 Å². The van der Waals surface area contributed by atoms with Crippen molar-refractivity contribution >= 4 is 0 Å². The standard InChI is InChI=1S/C19H37O/c1-3-5-7-8-9-10-11-12-13-14-16-18-19(20)17-15-6-4-2/h2,4,19-20H,3,5-18H2,1H3. The van der Waals surface area contributed by atoms with E-state index in [-0.39, 0.29) is 6.10 Å². The van der Waals surface area contributed by atoms with Gasteiger partial charge in [0, 0.05) is 0 Å². The Morgan fingerprint density at radius 2 is 1.20 bits per heavy atom. The van der Waals surface area contributed by atoms with Gasteiger partial charge in [0.15, 0.2) is 0 Å². The maximum absolute atomic E-state index is 9.76. The average molecular weight is 282 g/mol. The first kappa shape index (κ1) is 19.7. The molecular weight excluding hydrogens is 244 g/mol. The van der Waals surface area contributed by atoms with Crippen molar-refractivity contribution in [2.75, 3.05) is 0 Å². The molecule has 0 saturated heterocycles. The normalized spacial score (nSPS) is 12.5. The van der Waals surface area contributed by atoms with Crippen LogP contribution >= 0.6 is 0 Å². The summed E-state index contributed by atoms with van der Waals surface area (Å²) in [6.45, 7) is 7.59. The lowest BCUT2D eigenvalue weighted by Crippen LogP contribution is -2.05. The fraction of sp³-hybridized carbons (Fsp3) is 0.895. The quantitative estimate of drug-likeness (QED) is 0.333. The average Bonchev–Trinajstić information content (AvgIpc) is 2.45. The minimum absolute atomic E-state index is 0.103. The molecule has 0 aromatic heterocycles. The molecule has 119 valence electrons. The van der Waals surface area contributed by atoms with Crippen LogP contribution in [0.15, 0.2) is 6.08 Å². The van der Waals surface area contributed by atoms with Gasteiger partial charge in [0.2, 0.25) is 0 Å². The zero-order chi connectivity index (χ0) is 14.9. The summed E-state index contributed by atoms with van der Waals surface area (Å²) in [7, 11) is 0. The molecule has 0 aromatic carbocycles. The van der Waals surface area contributed by atoms with Crippen LogP contribution in [0.4, 0.5) is 0 Å². The first-order valence-electron chi connectivity index (χ1n) is 9.02. The van der Waals surface area contributed by atoms with Crippen molar-refractivity contribution in [2.45, 2.75) is 109 Å². The molecule has 0 spiro atoms. The summed E-state index contributed by atoms with van der Waals surface area (Å²) in [5.41, 5.74) is 0. The van der Waals surface area contributed by atoms with Gasteiger partial charge in [-0.2, -0.15) is 0 Å². The Bertz CT molecular complexity index is 188. The molecule has 0 amide bonds. The lowest BCUT2D eigenvalue weighted by Gasteiger charge is -2.09. The predicted molar refractivity (Wildman–Crippen MR) is 89.8 cm³/mol. The summed E-state index contributed by atoms with van der Waals surface area (Å²) in [6.07, 6.45) is 20.5. The fourth-order valence-corrected chi connectivity index (χ4v) is 2.66. The van der Waals surface area contributed by atoms with E-state index in [1.54, 1.807) is 6.08 Å². The van der Waals surface area contributed by atoms with Crippen molar-refractivity contribution in [1.82, 2.24) is 0 Å². The third-order valence-corrected chi connectivity index (χ3v) is 4.05. The minimum Gasteiger partial charge on any atom is -0.393 e. The van der Waals surface area contributed by atoms with E-state index in [2.05, 4.69) is 6.92 Å². The van der Waals surface area contributed by atoms with E-state index in [0.717, 1.165) is 25.7 Å². The third kappa shape index (κ3) is 15.8. The highest BCUT2D eigenvalue weighted by molar-refractivity contribution is 4.64. The molecule has 1 unspecified atom stereocenters. The Morgan fingerprint density at radius 1 is 0.750 bits per heavy atom. The number of aliphatic hydroxyl groups excluding tert-OH is 1. The topological polar surface area (TPSA) is 20.2 Å². The van der Waals surface area contributed by atoms with Crippen molar-refractivity contribution in [3.05, 3.63) is 12.7 Å². The van der Waals surface area contributed by atoms with Gasteiger partial charge in [-0.3, -0.25) is 0 Å². The van der Waals surface area contributed by atoms with Crippen LogP contribution in [0.25, 0.3) is 0 Å². The van der Waals surface area contributed by atoms with Gasteiger partial charge in [-0.05, 0) is 25.7 Å². The van der Waals surface area contributed by atoms with Crippen LogP contribution in [0.3, 0.4) is 0 Å². The van der Waals surface area contributed by atoms with E-state index < -0.39 is 0 Å². The molecule has 1 radical (unpaired) electrons. The molecule has 1 atom stereocenters. The largest absolute Gasteiger partial charge is 0.393 e. The van der Waals surface area contributed by atoms with Crippen molar-refractivity contribution < 1.29 is 5.11 Å². The van der Waals surface area contributed by atoms with Gasteiger partial charge >= 0.3 is 0 Å². The molecular formula is C19H37O. The second-order valence-corrected chi connectivity index (χ2v) is 6.14. The molecule has 0 aliphatic carbocycles. The van der Waals surface area contributed by atoms with Gasteiger partial charge in [-0.25, -0.2) is 0 Å². The monoisotopic (exact) mass is 281 g/mol. The van der Waals surface area contributed by atoms with Gasteiger partial charge in [-0.1, -0.05) is 90.2 Å². The third-order valence-electron chi connectivity index (χ3n) is 4.05. The molecule has 1 heteroatoms. The molecule has 0 heterocycles. The Balaban J connectivity index is 3.06. The summed E-state index contributed by atoms with van der Waals surface area (Å²) in [6, 6.07) is 0. The van der Waals surface area contributed by atoms with Crippen molar-refractivity contribution in [3.8, 4) is 0 Å². The predicted octanol–water partition coefficient (Wildman–Crippen LogP) is 6.21. The highest BCUT2D eigenvalue weighted by Gasteiger charge is 2.02. The zero-order valence-electron chi connectivity index (χ0n) is 13.8. The number of aliphatic hydroxyl groups is 1. The van der Waals surface area contributed by atoms with Gasteiger partial charge < -0.3 is 5.11 Å². The lowest BCUT2D eigenvalue weighted by atomic mass is 10.0. The molecule has 0 fully saturated rings. The van der Waals surface area contributed by atoms with E-state index in [1.807, 2.05) is 0 Å². The molecule has 1 nitrogen and oxygen atoms in total. The van der Waals surface area contributed by atoms with Crippen LogP contribution in [0, 0.1) is 6.58 Å². The Labute approximate surface area is 127 Å². The highest BCUT2D eigenvalue weighted by atomic mass is 16.3. The SMILES string of the molecule is [CH]=CCCCC(O)CCCCCCCCCCCCC.